The second-order valence-electron chi connectivity index (χ2n) is 4.43. The zero-order valence-corrected chi connectivity index (χ0v) is 12.0. The predicted octanol–water partition coefficient (Wildman–Crippen LogP) is 1.07. The van der Waals surface area contributed by atoms with Crippen molar-refractivity contribution in [3.8, 4) is 0 Å². The van der Waals surface area contributed by atoms with Gasteiger partial charge in [0.15, 0.2) is 15.8 Å². The molecule has 0 aliphatic carbocycles. The fourth-order valence-electron chi connectivity index (χ4n) is 1.32. The summed E-state index contributed by atoms with van der Waals surface area (Å²) >= 11 is 0. The molecule has 6 heteroatoms. The number of nitrogens with zero attached hydrogens (tertiary/aromatic N) is 1. The average molecular weight is 281 g/mol. The zero-order chi connectivity index (χ0) is 14.5. The molecule has 104 valence electrons. The molecule has 0 saturated carbocycles. The Morgan fingerprint density at radius 2 is 1.95 bits per heavy atom. The summed E-state index contributed by atoms with van der Waals surface area (Å²) in [4.78, 5) is 4.45. The molecule has 0 aliphatic heterocycles. The van der Waals surface area contributed by atoms with Gasteiger partial charge in [-0.1, -0.05) is 24.3 Å². The third-order valence-electron chi connectivity index (χ3n) is 2.35. The Morgan fingerprint density at radius 1 is 1.37 bits per heavy atom. The molecule has 1 rings (SSSR count). The van der Waals surface area contributed by atoms with Crippen molar-refractivity contribution >= 4 is 15.8 Å². The van der Waals surface area contributed by atoms with Crippen LogP contribution in [0.1, 0.15) is 12.5 Å². The maximum Gasteiger partial charge on any atom is 0.189 e. The van der Waals surface area contributed by atoms with Crippen LogP contribution in [0.15, 0.2) is 46.3 Å². The van der Waals surface area contributed by atoms with E-state index >= 15 is 0 Å². The minimum absolute atomic E-state index is 0.300. The highest BCUT2D eigenvalue weighted by Gasteiger charge is 2.05. The summed E-state index contributed by atoms with van der Waals surface area (Å²) < 4.78 is 22.6. The SMILES string of the molecule is C=C(C)CNC(N)=NCc1ccc(S(C)(=O)=O)cc1. The van der Waals surface area contributed by atoms with Gasteiger partial charge in [-0.15, -0.1) is 0 Å². The van der Waals surface area contributed by atoms with Crippen LogP contribution in [0.4, 0.5) is 0 Å². The van der Waals surface area contributed by atoms with Gasteiger partial charge in [-0.2, -0.15) is 0 Å². The molecular formula is C13H19N3O2S. The monoisotopic (exact) mass is 281 g/mol. The number of benzene rings is 1. The van der Waals surface area contributed by atoms with Gasteiger partial charge in [-0.3, -0.25) is 0 Å². The number of aliphatic imine (C=N–C) groups is 1. The first-order chi connectivity index (χ1) is 8.79. The van der Waals surface area contributed by atoms with Crippen molar-refractivity contribution in [3.63, 3.8) is 0 Å². The van der Waals surface area contributed by atoms with Gasteiger partial charge in [0.1, 0.15) is 0 Å². The number of rotatable bonds is 5. The standard InChI is InChI=1S/C13H19N3O2S/c1-10(2)8-15-13(14)16-9-11-4-6-12(7-5-11)19(3,17)18/h4-7H,1,8-9H2,2-3H3,(H3,14,15,16). The first kappa shape index (κ1) is 15.2. The molecule has 3 N–H and O–H groups in total. The van der Waals surface area contributed by atoms with Crippen molar-refractivity contribution in [3.05, 3.63) is 42.0 Å². The molecule has 0 aromatic heterocycles. The molecule has 1 aromatic rings. The van der Waals surface area contributed by atoms with Crippen molar-refractivity contribution in [1.82, 2.24) is 5.32 Å². The van der Waals surface area contributed by atoms with Crippen molar-refractivity contribution in [2.75, 3.05) is 12.8 Å². The number of guanidine groups is 1. The summed E-state index contributed by atoms with van der Waals surface area (Å²) in [6.45, 7) is 6.63. The second kappa shape index (κ2) is 6.38. The zero-order valence-electron chi connectivity index (χ0n) is 11.2. The van der Waals surface area contributed by atoms with Crippen LogP contribution in [0, 0.1) is 0 Å². The third-order valence-corrected chi connectivity index (χ3v) is 3.48. The van der Waals surface area contributed by atoms with E-state index in [2.05, 4.69) is 16.9 Å². The van der Waals surface area contributed by atoms with E-state index in [0.29, 0.717) is 23.9 Å². The summed E-state index contributed by atoms with van der Waals surface area (Å²) in [6, 6.07) is 6.59. The summed E-state index contributed by atoms with van der Waals surface area (Å²) in [5.74, 6) is 0.343. The fourth-order valence-corrected chi connectivity index (χ4v) is 1.95. The highest BCUT2D eigenvalue weighted by molar-refractivity contribution is 7.90. The maximum atomic E-state index is 11.3. The number of sulfone groups is 1. The molecule has 0 radical (unpaired) electrons. The van der Waals surface area contributed by atoms with Gasteiger partial charge >= 0.3 is 0 Å². The Morgan fingerprint density at radius 3 is 2.42 bits per heavy atom. The van der Waals surface area contributed by atoms with E-state index in [1.54, 1.807) is 24.3 Å². The van der Waals surface area contributed by atoms with Crippen LogP contribution in [0.25, 0.3) is 0 Å². The maximum absolute atomic E-state index is 11.3. The lowest BCUT2D eigenvalue weighted by molar-refractivity contribution is 0.602. The second-order valence-corrected chi connectivity index (χ2v) is 6.44. The van der Waals surface area contributed by atoms with Gasteiger partial charge in [0.05, 0.1) is 11.4 Å². The van der Waals surface area contributed by atoms with Crippen molar-refractivity contribution in [2.24, 2.45) is 10.7 Å². The lowest BCUT2D eigenvalue weighted by atomic mass is 10.2. The number of hydrogen-bond acceptors (Lipinski definition) is 3. The molecule has 0 spiro atoms. The smallest absolute Gasteiger partial charge is 0.189 e. The van der Waals surface area contributed by atoms with Crippen LogP contribution >= 0.6 is 0 Å². The molecule has 0 bridgehead atoms. The molecule has 0 atom stereocenters. The number of hydrogen-bond donors (Lipinski definition) is 2. The molecule has 0 fully saturated rings. The van der Waals surface area contributed by atoms with Gasteiger partial charge in [0.25, 0.3) is 0 Å². The van der Waals surface area contributed by atoms with Crippen LogP contribution in [-0.4, -0.2) is 27.2 Å². The summed E-state index contributed by atoms with van der Waals surface area (Å²) in [5.41, 5.74) is 7.53. The van der Waals surface area contributed by atoms with E-state index in [1.807, 2.05) is 6.92 Å². The summed E-state index contributed by atoms with van der Waals surface area (Å²) in [7, 11) is -3.15. The van der Waals surface area contributed by atoms with Gasteiger partial charge < -0.3 is 11.1 Å². The Bertz CT molecular complexity index is 574. The fraction of sp³-hybridized carbons (Fsp3) is 0.308. The molecule has 5 nitrogen and oxygen atoms in total. The number of nitrogens with two attached hydrogens (primary N) is 1. The molecule has 1 aromatic carbocycles. The summed E-state index contributed by atoms with van der Waals surface area (Å²) in [6.07, 6.45) is 1.18. The molecule has 0 unspecified atom stereocenters. The lowest BCUT2D eigenvalue weighted by Gasteiger charge is -2.05. The van der Waals surface area contributed by atoms with E-state index < -0.39 is 9.84 Å². The van der Waals surface area contributed by atoms with Crippen LogP contribution < -0.4 is 11.1 Å². The molecule has 19 heavy (non-hydrogen) atoms. The Labute approximate surface area is 114 Å². The van der Waals surface area contributed by atoms with Gasteiger partial charge in [-0.25, -0.2) is 13.4 Å². The molecule has 0 heterocycles. The average Bonchev–Trinajstić information content (AvgIpc) is 2.33. The Balaban J connectivity index is 2.64. The van der Waals surface area contributed by atoms with E-state index in [-0.39, 0.29) is 0 Å². The van der Waals surface area contributed by atoms with E-state index in [9.17, 15) is 8.42 Å². The van der Waals surface area contributed by atoms with Crippen LogP contribution in [0.5, 0.6) is 0 Å². The first-order valence-electron chi connectivity index (χ1n) is 5.76. The largest absolute Gasteiger partial charge is 0.370 e. The van der Waals surface area contributed by atoms with E-state index in [1.165, 1.54) is 6.26 Å². The molecule has 0 aliphatic rings. The van der Waals surface area contributed by atoms with Crippen molar-refractivity contribution < 1.29 is 8.42 Å². The van der Waals surface area contributed by atoms with Crippen molar-refractivity contribution in [1.29, 1.82) is 0 Å². The Hall–Kier alpha value is -1.82. The first-order valence-corrected chi connectivity index (χ1v) is 7.65. The van der Waals surface area contributed by atoms with Gasteiger partial charge in [-0.05, 0) is 24.6 Å². The predicted molar refractivity (Wildman–Crippen MR) is 77.7 cm³/mol. The quantitative estimate of drug-likeness (QED) is 0.480. The minimum atomic E-state index is -3.15. The van der Waals surface area contributed by atoms with Crippen LogP contribution in [0.2, 0.25) is 0 Å². The van der Waals surface area contributed by atoms with Gasteiger partial charge in [0, 0.05) is 12.8 Å². The molecular weight excluding hydrogens is 262 g/mol. The molecule has 0 amide bonds. The highest BCUT2D eigenvalue weighted by atomic mass is 32.2. The van der Waals surface area contributed by atoms with E-state index in [4.69, 9.17) is 5.73 Å². The van der Waals surface area contributed by atoms with Crippen LogP contribution in [-0.2, 0) is 16.4 Å². The van der Waals surface area contributed by atoms with Gasteiger partial charge in [0.2, 0.25) is 0 Å². The normalized spacial score (nSPS) is 12.2. The van der Waals surface area contributed by atoms with Crippen molar-refractivity contribution in [2.45, 2.75) is 18.4 Å². The lowest BCUT2D eigenvalue weighted by Crippen LogP contribution is -2.32. The van der Waals surface area contributed by atoms with Crippen LogP contribution in [0.3, 0.4) is 0 Å². The Kier molecular flexibility index (Phi) is 5.11. The summed E-state index contributed by atoms with van der Waals surface area (Å²) in [5, 5.41) is 2.92. The third kappa shape index (κ3) is 5.56. The number of nitrogens with one attached hydrogen (secondary N) is 1. The highest BCUT2D eigenvalue weighted by Crippen LogP contribution is 2.10. The topological polar surface area (TPSA) is 84.5 Å². The minimum Gasteiger partial charge on any atom is -0.370 e. The molecule has 0 saturated heterocycles. The van der Waals surface area contributed by atoms with E-state index in [0.717, 1.165) is 11.1 Å².